The van der Waals surface area contributed by atoms with Gasteiger partial charge in [-0.05, 0) is 23.8 Å². The third-order valence-corrected chi connectivity index (χ3v) is 4.09. The van der Waals surface area contributed by atoms with E-state index in [1.165, 1.54) is 6.07 Å². The summed E-state index contributed by atoms with van der Waals surface area (Å²) in [7, 11) is 2.21. The molecule has 26 heavy (non-hydrogen) atoms. The molecule has 0 aliphatic rings. The zero-order valence-electron chi connectivity index (χ0n) is 13.4. The fourth-order valence-electron chi connectivity index (χ4n) is 1.95. The lowest BCUT2D eigenvalue weighted by Gasteiger charge is -2.26. The number of hydrogen-bond acceptors (Lipinski definition) is 5. The molecule has 1 N–H and O–H groups in total. The summed E-state index contributed by atoms with van der Waals surface area (Å²) < 4.78 is 98.4. The lowest BCUT2D eigenvalue weighted by Crippen LogP contribution is -2.52. The van der Waals surface area contributed by atoms with Crippen molar-refractivity contribution in [1.29, 1.82) is 0 Å². The molecular formula is C13H13BF5NO5S. The molecule has 1 unspecified atom stereocenters. The number of ether oxygens (including phenoxy) is 1. The van der Waals surface area contributed by atoms with E-state index >= 15 is 0 Å². The number of halogens is 5. The molecule has 1 atom stereocenters. The number of rotatable bonds is 6. The van der Waals surface area contributed by atoms with Crippen molar-refractivity contribution in [3.63, 3.8) is 0 Å². The first-order valence-corrected chi connectivity index (χ1v) is 8.19. The lowest BCUT2D eigenvalue weighted by molar-refractivity contribution is -0.248. The highest BCUT2D eigenvalue weighted by atomic mass is 32.2. The molecule has 0 bridgehead atoms. The predicted octanol–water partition coefficient (Wildman–Crippen LogP) is 1.99. The highest BCUT2D eigenvalue weighted by Crippen LogP contribution is 2.38. The van der Waals surface area contributed by atoms with E-state index in [1.54, 1.807) is 19.0 Å². The van der Waals surface area contributed by atoms with Gasteiger partial charge in [0.1, 0.15) is 0 Å². The number of alkyl halides is 5. The van der Waals surface area contributed by atoms with Crippen molar-refractivity contribution in [2.24, 2.45) is 0 Å². The molecule has 0 fully saturated rings. The number of esters is 1. The third kappa shape index (κ3) is 4.64. The second-order valence-electron chi connectivity index (χ2n) is 5.31. The average Bonchev–Trinajstić information content (AvgIpc) is 2.48. The monoisotopic (exact) mass is 401 g/mol. The normalized spacial score (nSPS) is 14.0. The zero-order valence-corrected chi connectivity index (χ0v) is 14.2. The van der Waals surface area contributed by atoms with Gasteiger partial charge in [-0.2, -0.15) is 30.4 Å². The Morgan fingerprint density at radius 3 is 2.19 bits per heavy atom. The zero-order chi connectivity index (χ0) is 20.5. The van der Waals surface area contributed by atoms with Gasteiger partial charge in [0, 0.05) is 19.8 Å². The van der Waals surface area contributed by atoms with Crippen molar-refractivity contribution in [3.8, 4) is 0 Å². The van der Waals surface area contributed by atoms with Crippen LogP contribution < -0.4 is 4.90 Å². The summed E-state index contributed by atoms with van der Waals surface area (Å²) in [4.78, 5) is 13.4. The van der Waals surface area contributed by atoms with Gasteiger partial charge in [0.15, 0.2) is 0 Å². The minimum absolute atomic E-state index is 0.126. The van der Waals surface area contributed by atoms with Gasteiger partial charge in [-0.15, -0.1) is 0 Å². The Balaban J connectivity index is 3.28. The molecule has 1 aromatic carbocycles. The lowest BCUT2D eigenvalue weighted by atomic mass is 9.93. The SMILES string of the molecule is [B]Cc1cc(C(=O)OC(C(F)(F)F)C(F)(F)S(=O)(=O)O)ccc1N(C)C. The molecule has 0 saturated heterocycles. The van der Waals surface area contributed by atoms with Gasteiger partial charge in [0.2, 0.25) is 0 Å². The van der Waals surface area contributed by atoms with E-state index in [0.29, 0.717) is 11.3 Å². The molecule has 13 heteroatoms. The van der Waals surface area contributed by atoms with Gasteiger partial charge in [-0.1, -0.05) is 6.32 Å². The van der Waals surface area contributed by atoms with Crippen LogP contribution in [-0.2, 0) is 21.2 Å². The maximum absolute atomic E-state index is 13.4. The Labute approximate surface area is 147 Å². The van der Waals surface area contributed by atoms with Crippen LogP contribution in [0, 0.1) is 0 Å². The topological polar surface area (TPSA) is 83.9 Å². The summed E-state index contributed by atoms with van der Waals surface area (Å²) in [6.07, 6.45) is -10.5. The van der Waals surface area contributed by atoms with Gasteiger partial charge in [-0.25, -0.2) is 4.79 Å². The van der Waals surface area contributed by atoms with Gasteiger partial charge in [-0.3, -0.25) is 4.55 Å². The van der Waals surface area contributed by atoms with Gasteiger partial charge in [0.25, 0.3) is 6.10 Å². The largest absolute Gasteiger partial charge is 0.441 e. The molecule has 0 aliphatic carbocycles. The molecule has 144 valence electrons. The summed E-state index contributed by atoms with van der Waals surface area (Å²) in [6.45, 7) is 0. The fraction of sp³-hybridized carbons (Fsp3) is 0.462. The molecule has 0 heterocycles. The van der Waals surface area contributed by atoms with Crippen LogP contribution in [0.1, 0.15) is 15.9 Å². The molecular weight excluding hydrogens is 388 g/mol. The van der Waals surface area contributed by atoms with E-state index in [0.717, 1.165) is 12.1 Å². The fourth-order valence-corrected chi connectivity index (χ4v) is 2.40. The van der Waals surface area contributed by atoms with Gasteiger partial charge < -0.3 is 9.64 Å². The number of nitrogens with zero attached hydrogens (tertiary/aromatic N) is 1. The Hall–Kier alpha value is -1.89. The number of carbonyl (C=O) groups excluding carboxylic acids is 1. The maximum atomic E-state index is 13.4. The van der Waals surface area contributed by atoms with Crippen molar-refractivity contribution in [1.82, 2.24) is 0 Å². The van der Waals surface area contributed by atoms with Crippen LogP contribution >= 0.6 is 0 Å². The van der Waals surface area contributed by atoms with Crippen LogP contribution in [0.3, 0.4) is 0 Å². The molecule has 6 nitrogen and oxygen atoms in total. The van der Waals surface area contributed by atoms with Gasteiger partial charge >= 0.3 is 27.5 Å². The molecule has 2 radical (unpaired) electrons. The summed E-state index contributed by atoms with van der Waals surface area (Å²) in [5, 5.41) is -5.79. The second-order valence-corrected chi connectivity index (χ2v) is 6.80. The van der Waals surface area contributed by atoms with Crippen molar-refractivity contribution in [3.05, 3.63) is 29.3 Å². The van der Waals surface area contributed by atoms with E-state index in [-0.39, 0.29) is 6.32 Å². The molecule has 1 aromatic rings. The number of benzene rings is 1. The van der Waals surface area contributed by atoms with E-state index in [9.17, 15) is 35.2 Å². The molecule has 0 spiro atoms. The van der Waals surface area contributed by atoms with Crippen LogP contribution in [-0.4, -0.2) is 58.4 Å². The Morgan fingerprint density at radius 1 is 1.27 bits per heavy atom. The van der Waals surface area contributed by atoms with Crippen LogP contribution in [0.15, 0.2) is 18.2 Å². The Bertz CT molecular complexity index is 782. The highest BCUT2D eigenvalue weighted by Gasteiger charge is 2.66. The van der Waals surface area contributed by atoms with Crippen LogP contribution in [0.2, 0.25) is 0 Å². The molecule has 1 rings (SSSR count). The highest BCUT2D eigenvalue weighted by molar-refractivity contribution is 7.86. The Kier molecular flexibility index (Phi) is 6.30. The van der Waals surface area contributed by atoms with Crippen molar-refractivity contribution >= 4 is 29.6 Å². The van der Waals surface area contributed by atoms with Crippen LogP contribution in [0.25, 0.3) is 0 Å². The van der Waals surface area contributed by atoms with Crippen molar-refractivity contribution in [2.45, 2.75) is 23.9 Å². The standard InChI is InChI=1S/C13H13BF5NO5S/c1-20(2)9-4-3-7(5-8(9)6-14)10(21)25-11(12(15,16)17)13(18,19)26(22,23)24/h3-5,11H,6H2,1-2H3,(H,22,23,24). The average molecular weight is 401 g/mol. The minimum Gasteiger partial charge on any atom is -0.441 e. The van der Waals surface area contributed by atoms with E-state index in [2.05, 4.69) is 4.74 Å². The molecule has 0 aliphatic heterocycles. The maximum Gasteiger partial charge on any atom is 0.432 e. The second kappa shape index (κ2) is 7.39. The first-order valence-electron chi connectivity index (χ1n) is 6.75. The van der Waals surface area contributed by atoms with Crippen LogP contribution in [0.5, 0.6) is 0 Å². The number of anilines is 1. The van der Waals surface area contributed by atoms with E-state index < -0.39 is 39.2 Å². The summed E-state index contributed by atoms with van der Waals surface area (Å²) >= 11 is 0. The van der Waals surface area contributed by atoms with Crippen molar-refractivity contribution in [2.75, 3.05) is 19.0 Å². The quantitative estimate of drug-likeness (QED) is 0.340. The Morgan fingerprint density at radius 2 is 1.81 bits per heavy atom. The molecule has 0 amide bonds. The number of hydrogen-bond donors (Lipinski definition) is 1. The summed E-state index contributed by atoms with van der Waals surface area (Å²) in [6, 6.07) is 3.31. The summed E-state index contributed by atoms with van der Waals surface area (Å²) in [5.41, 5.74) is 0.255. The smallest absolute Gasteiger partial charge is 0.432 e. The summed E-state index contributed by atoms with van der Waals surface area (Å²) in [5.74, 6) is -1.87. The first-order chi connectivity index (χ1) is 11.6. The van der Waals surface area contributed by atoms with E-state index in [4.69, 9.17) is 12.4 Å². The van der Waals surface area contributed by atoms with Crippen LogP contribution in [0.4, 0.5) is 27.6 Å². The first kappa shape index (κ1) is 22.2. The predicted molar refractivity (Wildman–Crippen MR) is 82.0 cm³/mol. The molecule has 0 saturated carbocycles. The number of carbonyl (C=O) groups is 1. The third-order valence-electron chi connectivity index (χ3n) is 3.19. The van der Waals surface area contributed by atoms with Crippen molar-refractivity contribution < 1.29 is 44.5 Å². The van der Waals surface area contributed by atoms with Gasteiger partial charge in [0.05, 0.1) is 13.4 Å². The minimum atomic E-state index is -6.50. The molecule has 0 aromatic heterocycles. The van der Waals surface area contributed by atoms with E-state index in [1.807, 2.05) is 0 Å².